The van der Waals surface area contributed by atoms with Crippen LogP contribution in [0.3, 0.4) is 0 Å². The minimum absolute atomic E-state index is 0.532. The molecule has 0 spiro atoms. The highest BCUT2D eigenvalue weighted by molar-refractivity contribution is 7.99. The Morgan fingerprint density at radius 2 is 2.42 bits per heavy atom. The second-order valence-corrected chi connectivity index (χ2v) is 4.33. The minimum Gasteiger partial charge on any atom is -0.301 e. The van der Waals surface area contributed by atoms with E-state index in [0.717, 1.165) is 6.54 Å². The maximum Gasteiger partial charge on any atom is 0.0790 e. The van der Waals surface area contributed by atoms with Crippen molar-refractivity contribution < 1.29 is 0 Å². The lowest BCUT2D eigenvalue weighted by atomic mass is 10.1. The Kier molecular flexibility index (Phi) is 2.38. The fourth-order valence-electron chi connectivity index (χ4n) is 1.47. The van der Waals surface area contributed by atoms with Crippen LogP contribution in [-0.4, -0.2) is 12.3 Å². The molecule has 1 aromatic carbocycles. The molecule has 0 aromatic heterocycles. The molecule has 1 atom stereocenters. The molecule has 1 fully saturated rings. The van der Waals surface area contributed by atoms with Gasteiger partial charge in [-0.15, -0.1) is 11.8 Å². The average Bonchev–Trinajstić information content (AvgIpc) is 2.56. The second-order valence-electron chi connectivity index (χ2n) is 3.12. The van der Waals surface area contributed by atoms with Gasteiger partial charge in [0, 0.05) is 12.3 Å². The summed E-state index contributed by atoms with van der Waals surface area (Å²) in [6.07, 6.45) is 0. The monoisotopic (exact) mass is 179 g/mol. The zero-order valence-corrected chi connectivity index (χ0v) is 8.03. The highest BCUT2D eigenvalue weighted by Crippen LogP contribution is 2.29. The number of nitrogens with one attached hydrogen (secondary N) is 1. The Balaban J connectivity index is 2.21. The summed E-state index contributed by atoms with van der Waals surface area (Å²) in [5.74, 6) is 1.23. The molecule has 2 rings (SSSR count). The van der Waals surface area contributed by atoms with Gasteiger partial charge >= 0.3 is 0 Å². The van der Waals surface area contributed by atoms with Gasteiger partial charge in [-0.3, -0.25) is 0 Å². The van der Waals surface area contributed by atoms with Gasteiger partial charge in [-0.1, -0.05) is 29.8 Å². The van der Waals surface area contributed by atoms with Crippen molar-refractivity contribution in [2.24, 2.45) is 0 Å². The fraction of sp³-hybridized carbons (Fsp3) is 0.400. The van der Waals surface area contributed by atoms with E-state index in [-0.39, 0.29) is 0 Å². The topological polar surface area (TPSA) is 12.0 Å². The molecule has 0 radical (unpaired) electrons. The molecule has 2 heteroatoms. The van der Waals surface area contributed by atoms with Crippen LogP contribution in [0.4, 0.5) is 0 Å². The normalized spacial score (nSPS) is 22.9. The van der Waals surface area contributed by atoms with Gasteiger partial charge in [0.15, 0.2) is 0 Å². The van der Waals surface area contributed by atoms with Crippen molar-refractivity contribution in [2.45, 2.75) is 12.3 Å². The molecule has 64 valence electrons. The molecule has 1 unspecified atom stereocenters. The molecule has 1 heterocycles. The molecule has 1 aliphatic heterocycles. The first kappa shape index (κ1) is 8.14. The van der Waals surface area contributed by atoms with Crippen LogP contribution in [0.5, 0.6) is 0 Å². The SMILES string of the molecule is Cc1cccc(C2NCCS2)c1. The molecule has 0 bridgehead atoms. The van der Waals surface area contributed by atoms with E-state index < -0.39 is 0 Å². The lowest BCUT2D eigenvalue weighted by molar-refractivity contribution is 0.750. The van der Waals surface area contributed by atoms with Crippen molar-refractivity contribution in [2.75, 3.05) is 12.3 Å². The third kappa shape index (κ3) is 1.65. The van der Waals surface area contributed by atoms with Crippen molar-refractivity contribution in [1.82, 2.24) is 5.32 Å². The van der Waals surface area contributed by atoms with Gasteiger partial charge in [-0.05, 0) is 12.5 Å². The van der Waals surface area contributed by atoms with Crippen LogP contribution in [0.1, 0.15) is 16.5 Å². The van der Waals surface area contributed by atoms with Crippen LogP contribution in [0.2, 0.25) is 0 Å². The summed E-state index contributed by atoms with van der Waals surface area (Å²) >= 11 is 1.99. The lowest BCUT2D eigenvalue weighted by Gasteiger charge is -2.09. The second kappa shape index (κ2) is 3.50. The third-order valence-corrected chi connectivity index (χ3v) is 3.27. The molecular weight excluding hydrogens is 166 g/mol. The summed E-state index contributed by atoms with van der Waals surface area (Å²) in [4.78, 5) is 0. The first-order valence-electron chi connectivity index (χ1n) is 4.28. The molecule has 0 saturated carbocycles. The number of aryl methyl sites for hydroxylation is 1. The standard InChI is InChI=1S/C10H13NS/c1-8-3-2-4-9(7-8)10-11-5-6-12-10/h2-4,7,10-11H,5-6H2,1H3. The summed E-state index contributed by atoms with van der Waals surface area (Å²) in [5.41, 5.74) is 2.76. The maximum atomic E-state index is 3.46. The highest BCUT2D eigenvalue weighted by Gasteiger charge is 2.15. The smallest absolute Gasteiger partial charge is 0.0790 e. The molecular formula is C10H13NS. The van der Waals surface area contributed by atoms with Crippen LogP contribution in [0.25, 0.3) is 0 Å². The van der Waals surface area contributed by atoms with Crippen molar-refractivity contribution >= 4 is 11.8 Å². The van der Waals surface area contributed by atoms with Crippen LogP contribution >= 0.6 is 11.8 Å². The van der Waals surface area contributed by atoms with Crippen molar-refractivity contribution in [1.29, 1.82) is 0 Å². The highest BCUT2D eigenvalue weighted by atomic mass is 32.2. The zero-order chi connectivity index (χ0) is 8.39. The van der Waals surface area contributed by atoms with Gasteiger partial charge in [0.25, 0.3) is 0 Å². The van der Waals surface area contributed by atoms with Crippen molar-refractivity contribution in [3.8, 4) is 0 Å². The lowest BCUT2D eigenvalue weighted by Crippen LogP contribution is -2.11. The summed E-state index contributed by atoms with van der Waals surface area (Å²) in [6.45, 7) is 3.28. The summed E-state index contributed by atoms with van der Waals surface area (Å²) in [6, 6.07) is 8.73. The third-order valence-electron chi connectivity index (χ3n) is 2.06. The maximum absolute atomic E-state index is 3.46. The van der Waals surface area contributed by atoms with E-state index in [1.54, 1.807) is 0 Å². The summed E-state index contributed by atoms with van der Waals surface area (Å²) < 4.78 is 0. The Hall–Kier alpha value is -0.470. The van der Waals surface area contributed by atoms with Crippen LogP contribution < -0.4 is 5.32 Å². The molecule has 12 heavy (non-hydrogen) atoms. The number of hydrogen-bond acceptors (Lipinski definition) is 2. The minimum atomic E-state index is 0.532. The van der Waals surface area contributed by atoms with Gasteiger partial charge in [0.05, 0.1) is 5.37 Å². The number of thioether (sulfide) groups is 1. The predicted octanol–water partition coefficient (Wildman–Crippen LogP) is 2.33. The quantitative estimate of drug-likeness (QED) is 0.710. The van der Waals surface area contributed by atoms with E-state index in [1.807, 2.05) is 11.8 Å². The van der Waals surface area contributed by atoms with E-state index in [4.69, 9.17) is 0 Å². The fourth-order valence-corrected chi connectivity index (χ4v) is 2.52. The van der Waals surface area contributed by atoms with Gasteiger partial charge in [-0.2, -0.15) is 0 Å². The summed E-state index contributed by atoms with van der Waals surface area (Å²) in [5, 5.41) is 4.00. The molecule has 1 aliphatic rings. The van der Waals surface area contributed by atoms with E-state index in [9.17, 15) is 0 Å². The Labute approximate surface area is 77.6 Å². The van der Waals surface area contributed by atoms with Crippen molar-refractivity contribution in [3.05, 3.63) is 35.4 Å². The molecule has 0 aliphatic carbocycles. The number of rotatable bonds is 1. The molecule has 1 nitrogen and oxygen atoms in total. The molecule has 0 amide bonds. The van der Waals surface area contributed by atoms with Crippen LogP contribution in [0, 0.1) is 6.92 Å². The van der Waals surface area contributed by atoms with Gasteiger partial charge < -0.3 is 5.32 Å². The Bertz CT molecular complexity index is 266. The summed E-state index contributed by atoms with van der Waals surface area (Å²) in [7, 11) is 0. The molecule has 1 saturated heterocycles. The number of benzene rings is 1. The first-order valence-corrected chi connectivity index (χ1v) is 5.33. The van der Waals surface area contributed by atoms with Gasteiger partial charge in [-0.25, -0.2) is 0 Å². The zero-order valence-electron chi connectivity index (χ0n) is 7.21. The Morgan fingerprint density at radius 3 is 3.08 bits per heavy atom. The first-order chi connectivity index (χ1) is 5.86. The predicted molar refractivity (Wildman–Crippen MR) is 54.4 cm³/mol. The van der Waals surface area contributed by atoms with E-state index in [2.05, 4.69) is 36.5 Å². The molecule has 1 N–H and O–H groups in total. The van der Waals surface area contributed by atoms with Crippen molar-refractivity contribution in [3.63, 3.8) is 0 Å². The molecule has 1 aromatic rings. The van der Waals surface area contributed by atoms with E-state index >= 15 is 0 Å². The van der Waals surface area contributed by atoms with Crippen LogP contribution in [0.15, 0.2) is 24.3 Å². The van der Waals surface area contributed by atoms with Gasteiger partial charge in [0.2, 0.25) is 0 Å². The van der Waals surface area contributed by atoms with Crippen LogP contribution in [-0.2, 0) is 0 Å². The number of hydrogen-bond donors (Lipinski definition) is 1. The largest absolute Gasteiger partial charge is 0.301 e. The van der Waals surface area contributed by atoms with E-state index in [0.29, 0.717) is 5.37 Å². The van der Waals surface area contributed by atoms with E-state index in [1.165, 1.54) is 16.9 Å². The van der Waals surface area contributed by atoms with Gasteiger partial charge in [0.1, 0.15) is 0 Å². The average molecular weight is 179 g/mol. The Morgan fingerprint density at radius 1 is 1.50 bits per heavy atom.